The number of ether oxygens (including phenoxy) is 1. The smallest absolute Gasteiger partial charge is 0.300 e. The number of H-pyrrole nitrogens is 1. The largest absolute Gasteiger partial charge is 0.507 e. The Kier molecular flexibility index (Phi) is 5.18. The lowest BCUT2D eigenvalue weighted by molar-refractivity contribution is -0.132. The van der Waals surface area contributed by atoms with E-state index in [9.17, 15) is 14.7 Å². The first-order valence-corrected chi connectivity index (χ1v) is 10.8. The molecular weight excluding hydrogens is 416 g/mol. The van der Waals surface area contributed by atoms with Crippen LogP contribution in [0.3, 0.4) is 0 Å². The number of aliphatic hydroxyl groups is 1. The van der Waals surface area contributed by atoms with Gasteiger partial charge in [0.25, 0.3) is 11.7 Å². The molecule has 2 heterocycles. The van der Waals surface area contributed by atoms with Gasteiger partial charge in [-0.05, 0) is 37.3 Å². The molecule has 5 rings (SSSR count). The monoisotopic (exact) mass is 438 g/mol. The highest BCUT2D eigenvalue weighted by molar-refractivity contribution is 6.51. The van der Waals surface area contributed by atoms with Gasteiger partial charge in [-0.3, -0.25) is 14.5 Å². The molecule has 0 spiro atoms. The summed E-state index contributed by atoms with van der Waals surface area (Å²) in [4.78, 5) is 31.2. The molecule has 0 radical (unpaired) electrons. The molecule has 2 N–H and O–H groups in total. The molecule has 4 aromatic rings. The van der Waals surface area contributed by atoms with Crippen molar-refractivity contribution in [2.75, 3.05) is 11.5 Å². The van der Waals surface area contributed by atoms with Crippen LogP contribution in [-0.2, 0) is 9.59 Å². The van der Waals surface area contributed by atoms with E-state index in [1.807, 2.05) is 37.3 Å². The van der Waals surface area contributed by atoms with Gasteiger partial charge in [-0.2, -0.15) is 0 Å². The number of aromatic amines is 1. The lowest BCUT2D eigenvalue weighted by Gasteiger charge is -2.25. The fraction of sp³-hybridized carbons (Fsp3) is 0.111. The number of ketones is 1. The summed E-state index contributed by atoms with van der Waals surface area (Å²) in [6.07, 6.45) is 1.79. The third-order valence-electron chi connectivity index (χ3n) is 5.83. The van der Waals surface area contributed by atoms with Crippen molar-refractivity contribution in [2.45, 2.75) is 13.0 Å². The number of rotatable bonds is 5. The van der Waals surface area contributed by atoms with Gasteiger partial charge in [0.1, 0.15) is 11.5 Å². The zero-order valence-electron chi connectivity index (χ0n) is 18.0. The van der Waals surface area contributed by atoms with Crippen LogP contribution >= 0.6 is 0 Å². The fourth-order valence-electron chi connectivity index (χ4n) is 4.33. The first kappa shape index (κ1) is 20.6. The second-order valence-electron chi connectivity index (χ2n) is 7.75. The average Bonchev–Trinajstić information content (AvgIpc) is 3.39. The van der Waals surface area contributed by atoms with Crippen LogP contribution < -0.4 is 9.64 Å². The third kappa shape index (κ3) is 3.46. The average molecular weight is 438 g/mol. The number of Topliss-reactive ketones (excluding diaryl/α,β-unsaturated/α-hetero) is 1. The summed E-state index contributed by atoms with van der Waals surface area (Å²) in [6.45, 7) is 2.42. The number of aliphatic hydroxyl groups excluding tert-OH is 1. The second kappa shape index (κ2) is 8.31. The molecule has 1 fully saturated rings. The van der Waals surface area contributed by atoms with Crippen molar-refractivity contribution in [3.63, 3.8) is 0 Å². The number of benzene rings is 3. The molecule has 1 unspecified atom stereocenters. The van der Waals surface area contributed by atoms with E-state index in [0.717, 1.165) is 16.5 Å². The second-order valence-corrected chi connectivity index (χ2v) is 7.75. The SMILES string of the molecule is CCOc1ccc(N2C(=O)C(=O)/C(=C(/O)c3ccccc3)C2c2c[nH]c3ccccc23)cc1. The van der Waals surface area contributed by atoms with E-state index in [-0.39, 0.29) is 11.3 Å². The number of fused-ring (bicyclic) bond motifs is 1. The van der Waals surface area contributed by atoms with Gasteiger partial charge in [0.2, 0.25) is 0 Å². The van der Waals surface area contributed by atoms with E-state index in [2.05, 4.69) is 4.98 Å². The first-order valence-electron chi connectivity index (χ1n) is 10.8. The van der Waals surface area contributed by atoms with Gasteiger partial charge in [0.05, 0.1) is 18.2 Å². The molecule has 1 saturated heterocycles. The lowest BCUT2D eigenvalue weighted by atomic mass is 9.95. The van der Waals surface area contributed by atoms with Crippen LogP contribution in [0.15, 0.2) is 90.6 Å². The molecule has 164 valence electrons. The maximum absolute atomic E-state index is 13.3. The van der Waals surface area contributed by atoms with Crippen molar-refractivity contribution in [3.8, 4) is 5.75 Å². The van der Waals surface area contributed by atoms with Crippen LogP contribution in [0.2, 0.25) is 0 Å². The molecule has 1 aliphatic rings. The van der Waals surface area contributed by atoms with E-state index < -0.39 is 17.7 Å². The van der Waals surface area contributed by atoms with Crippen molar-refractivity contribution in [1.82, 2.24) is 4.98 Å². The predicted octanol–water partition coefficient (Wildman–Crippen LogP) is 5.19. The lowest BCUT2D eigenvalue weighted by Crippen LogP contribution is -2.29. The maximum atomic E-state index is 13.3. The molecule has 6 heteroatoms. The van der Waals surface area contributed by atoms with Crippen molar-refractivity contribution < 1.29 is 19.4 Å². The Morgan fingerprint density at radius 2 is 1.67 bits per heavy atom. The Morgan fingerprint density at radius 3 is 2.39 bits per heavy atom. The normalized spacial score (nSPS) is 17.6. The highest BCUT2D eigenvalue weighted by atomic mass is 16.5. The minimum atomic E-state index is -0.792. The zero-order valence-corrected chi connectivity index (χ0v) is 18.0. The van der Waals surface area contributed by atoms with Crippen molar-refractivity contribution in [2.24, 2.45) is 0 Å². The van der Waals surface area contributed by atoms with Gasteiger partial charge >= 0.3 is 0 Å². The van der Waals surface area contributed by atoms with E-state index in [1.165, 1.54) is 4.90 Å². The first-order chi connectivity index (χ1) is 16.1. The van der Waals surface area contributed by atoms with Gasteiger partial charge in [-0.25, -0.2) is 0 Å². The minimum Gasteiger partial charge on any atom is -0.507 e. The number of hydrogen-bond acceptors (Lipinski definition) is 4. The Morgan fingerprint density at radius 1 is 0.970 bits per heavy atom. The van der Waals surface area contributed by atoms with Crippen LogP contribution in [0, 0.1) is 0 Å². The summed E-state index contributed by atoms with van der Waals surface area (Å²) in [6, 6.07) is 22.7. The number of hydrogen-bond donors (Lipinski definition) is 2. The Hall–Kier alpha value is -4.32. The molecule has 0 bridgehead atoms. The molecule has 3 aromatic carbocycles. The van der Waals surface area contributed by atoms with E-state index in [4.69, 9.17) is 4.74 Å². The van der Waals surface area contributed by atoms with Gasteiger partial charge in [0, 0.05) is 33.9 Å². The summed E-state index contributed by atoms with van der Waals surface area (Å²) in [5.74, 6) is -0.934. The summed E-state index contributed by atoms with van der Waals surface area (Å²) >= 11 is 0. The van der Waals surface area contributed by atoms with Crippen LogP contribution in [0.1, 0.15) is 24.1 Å². The Balaban J connectivity index is 1.73. The van der Waals surface area contributed by atoms with E-state index in [1.54, 1.807) is 54.7 Å². The summed E-state index contributed by atoms with van der Waals surface area (Å²) in [5, 5.41) is 12.1. The van der Waals surface area contributed by atoms with Crippen LogP contribution in [0.25, 0.3) is 16.7 Å². The summed E-state index contributed by atoms with van der Waals surface area (Å²) < 4.78 is 5.52. The number of anilines is 1. The number of nitrogens with one attached hydrogen (secondary N) is 1. The fourth-order valence-corrected chi connectivity index (χ4v) is 4.33. The molecular formula is C27H22N2O4. The molecule has 1 aromatic heterocycles. The molecule has 0 aliphatic carbocycles. The molecule has 6 nitrogen and oxygen atoms in total. The topological polar surface area (TPSA) is 82.6 Å². The predicted molar refractivity (Wildman–Crippen MR) is 127 cm³/mol. The van der Waals surface area contributed by atoms with Gasteiger partial charge in [-0.1, -0.05) is 48.5 Å². The quantitative estimate of drug-likeness (QED) is 0.255. The van der Waals surface area contributed by atoms with E-state index in [0.29, 0.717) is 23.6 Å². The van der Waals surface area contributed by atoms with Crippen molar-refractivity contribution in [1.29, 1.82) is 0 Å². The highest BCUT2D eigenvalue weighted by Gasteiger charge is 2.47. The van der Waals surface area contributed by atoms with Gasteiger partial charge < -0.3 is 14.8 Å². The number of amides is 1. The standard InChI is InChI=1S/C27H22N2O4/c1-2-33-19-14-12-18(13-15-19)29-24(21-16-28-22-11-7-6-10-20(21)22)23(26(31)27(29)32)25(30)17-8-4-3-5-9-17/h3-16,24,28,30H,2H2,1H3/b25-23+. The number of para-hydroxylation sites is 1. The molecule has 1 aliphatic heterocycles. The molecule has 1 amide bonds. The third-order valence-corrected chi connectivity index (χ3v) is 5.83. The number of carbonyl (C=O) groups excluding carboxylic acids is 2. The maximum Gasteiger partial charge on any atom is 0.300 e. The van der Waals surface area contributed by atoms with Crippen LogP contribution in [-0.4, -0.2) is 28.4 Å². The van der Waals surface area contributed by atoms with Gasteiger partial charge in [-0.15, -0.1) is 0 Å². The number of nitrogens with zero attached hydrogens (tertiary/aromatic N) is 1. The number of aromatic nitrogens is 1. The van der Waals surface area contributed by atoms with Crippen LogP contribution in [0.5, 0.6) is 5.75 Å². The Labute approximate surface area is 190 Å². The van der Waals surface area contributed by atoms with E-state index >= 15 is 0 Å². The summed E-state index contributed by atoms with van der Waals surface area (Å²) in [5.41, 5.74) is 2.69. The Bertz CT molecular complexity index is 1370. The molecule has 33 heavy (non-hydrogen) atoms. The van der Waals surface area contributed by atoms with Gasteiger partial charge in [0.15, 0.2) is 0 Å². The molecule has 0 saturated carbocycles. The minimum absolute atomic E-state index is 0.0600. The van der Waals surface area contributed by atoms with Crippen molar-refractivity contribution in [3.05, 3.63) is 102 Å². The summed E-state index contributed by atoms with van der Waals surface area (Å²) in [7, 11) is 0. The highest BCUT2D eigenvalue weighted by Crippen LogP contribution is 2.44. The molecule has 1 atom stereocenters. The van der Waals surface area contributed by atoms with Crippen LogP contribution in [0.4, 0.5) is 5.69 Å². The number of carbonyl (C=O) groups is 2. The zero-order chi connectivity index (χ0) is 22.9. The van der Waals surface area contributed by atoms with Crippen molar-refractivity contribution >= 4 is 34.0 Å².